The number of nitrogens with one attached hydrogen (secondary N) is 1. The fourth-order valence-electron chi connectivity index (χ4n) is 1.86. The molecule has 21 heavy (non-hydrogen) atoms. The maximum absolute atomic E-state index is 12.2. The van der Waals surface area contributed by atoms with Gasteiger partial charge in [0, 0.05) is 17.2 Å². The number of aromatic nitrogens is 1. The zero-order valence-corrected chi connectivity index (χ0v) is 13.6. The highest BCUT2D eigenvalue weighted by Crippen LogP contribution is 2.25. The monoisotopic (exact) mass is 371 g/mol. The SMILES string of the molecule is CCn1cccc1C(=O)Nc1ccc(S(N)(=O)=O)cc1Br. The van der Waals surface area contributed by atoms with E-state index >= 15 is 0 Å². The van der Waals surface area contributed by atoms with Gasteiger partial charge in [0.1, 0.15) is 5.69 Å². The highest BCUT2D eigenvalue weighted by Gasteiger charge is 2.14. The van der Waals surface area contributed by atoms with Gasteiger partial charge in [-0.15, -0.1) is 0 Å². The molecule has 2 aromatic rings. The van der Waals surface area contributed by atoms with Gasteiger partial charge in [-0.3, -0.25) is 4.79 Å². The molecule has 0 aliphatic heterocycles. The molecule has 112 valence electrons. The van der Waals surface area contributed by atoms with Crippen LogP contribution in [0.15, 0.2) is 45.9 Å². The largest absolute Gasteiger partial charge is 0.344 e. The van der Waals surface area contributed by atoms with Crippen LogP contribution in [0.4, 0.5) is 5.69 Å². The molecule has 0 aliphatic rings. The van der Waals surface area contributed by atoms with Crippen LogP contribution in [0.5, 0.6) is 0 Å². The first-order chi connectivity index (χ1) is 9.82. The van der Waals surface area contributed by atoms with Crippen molar-refractivity contribution >= 4 is 37.5 Å². The summed E-state index contributed by atoms with van der Waals surface area (Å²) in [6, 6.07) is 7.68. The number of aryl methyl sites for hydroxylation is 1. The van der Waals surface area contributed by atoms with E-state index in [-0.39, 0.29) is 10.8 Å². The Morgan fingerprint density at radius 1 is 1.38 bits per heavy atom. The number of halogens is 1. The van der Waals surface area contributed by atoms with Gasteiger partial charge < -0.3 is 9.88 Å². The average Bonchev–Trinajstić information content (AvgIpc) is 2.88. The smallest absolute Gasteiger partial charge is 0.272 e. The fourth-order valence-corrected chi connectivity index (χ4v) is 3.03. The Labute approximate surface area is 131 Å². The van der Waals surface area contributed by atoms with Crippen molar-refractivity contribution in [2.24, 2.45) is 5.14 Å². The van der Waals surface area contributed by atoms with E-state index in [2.05, 4.69) is 21.2 Å². The van der Waals surface area contributed by atoms with Gasteiger partial charge in [0.25, 0.3) is 5.91 Å². The second-order valence-corrected chi connectivity index (χ2v) is 6.74. The summed E-state index contributed by atoms with van der Waals surface area (Å²) in [6.07, 6.45) is 1.81. The van der Waals surface area contributed by atoms with E-state index in [9.17, 15) is 13.2 Å². The molecule has 0 saturated heterocycles. The van der Waals surface area contributed by atoms with Crippen molar-refractivity contribution in [2.45, 2.75) is 18.4 Å². The molecule has 0 aliphatic carbocycles. The Balaban J connectivity index is 2.26. The van der Waals surface area contributed by atoms with E-state index in [0.29, 0.717) is 22.4 Å². The molecule has 1 aromatic heterocycles. The van der Waals surface area contributed by atoms with Crippen LogP contribution < -0.4 is 10.5 Å². The van der Waals surface area contributed by atoms with Gasteiger partial charge in [0.15, 0.2) is 0 Å². The molecule has 0 spiro atoms. The van der Waals surface area contributed by atoms with Gasteiger partial charge >= 0.3 is 0 Å². The number of nitrogens with zero attached hydrogens (tertiary/aromatic N) is 1. The van der Waals surface area contributed by atoms with Crippen molar-refractivity contribution < 1.29 is 13.2 Å². The topological polar surface area (TPSA) is 94.2 Å². The minimum atomic E-state index is -3.77. The molecule has 0 unspecified atom stereocenters. The van der Waals surface area contributed by atoms with E-state index in [4.69, 9.17) is 5.14 Å². The Morgan fingerprint density at radius 3 is 2.67 bits per heavy atom. The second-order valence-electron chi connectivity index (χ2n) is 4.32. The number of carbonyl (C=O) groups is 1. The van der Waals surface area contributed by atoms with Crippen molar-refractivity contribution in [1.29, 1.82) is 0 Å². The molecule has 1 heterocycles. The third-order valence-electron chi connectivity index (χ3n) is 2.92. The van der Waals surface area contributed by atoms with Crippen LogP contribution >= 0.6 is 15.9 Å². The van der Waals surface area contributed by atoms with Crippen molar-refractivity contribution in [1.82, 2.24) is 4.57 Å². The van der Waals surface area contributed by atoms with Gasteiger partial charge in [-0.05, 0) is 53.2 Å². The Morgan fingerprint density at radius 2 is 2.10 bits per heavy atom. The predicted octanol–water partition coefficient (Wildman–Crippen LogP) is 2.17. The fraction of sp³-hybridized carbons (Fsp3) is 0.154. The van der Waals surface area contributed by atoms with Crippen molar-refractivity contribution in [3.8, 4) is 0 Å². The first kappa shape index (κ1) is 15.7. The summed E-state index contributed by atoms with van der Waals surface area (Å²) < 4.78 is 24.8. The number of hydrogen-bond acceptors (Lipinski definition) is 3. The van der Waals surface area contributed by atoms with Crippen molar-refractivity contribution in [2.75, 3.05) is 5.32 Å². The highest BCUT2D eigenvalue weighted by atomic mass is 79.9. The van der Waals surface area contributed by atoms with Crippen molar-refractivity contribution in [3.05, 3.63) is 46.7 Å². The minimum absolute atomic E-state index is 0.0238. The first-order valence-electron chi connectivity index (χ1n) is 6.11. The molecule has 0 saturated carbocycles. The maximum atomic E-state index is 12.2. The van der Waals surface area contributed by atoms with E-state index in [0.717, 1.165) is 0 Å². The maximum Gasteiger partial charge on any atom is 0.272 e. The molecule has 0 fully saturated rings. The minimum Gasteiger partial charge on any atom is -0.344 e. The summed E-state index contributed by atoms with van der Waals surface area (Å²) in [6.45, 7) is 2.62. The van der Waals surface area contributed by atoms with Crippen LogP contribution in [0, 0.1) is 0 Å². The number of nitrogens with two attached hydrogens (primary N) is 1. The van der Waals surface area contributed by atoms with Gasteiger partial charge in [-0.1, -0.05) is 0 Å². The summed E-state index contributed by atoms with van der Waals surface area (Å²) in [4.78, 5) is 12.2. The van der Waals surface area contributed by atoms with Crippen LogP contribution in [0.3, 0.4) is 0 Å². The molecule has 1 amide bonds. The summed E-state index contributed by atoms with van der Waals surface area (Å²) >= 11 is 3.23. The number of benzene rings is 1. The zero-order chi connectivity index (χ0) is 15.6. The molecule has 1 aromatic carbocycles. The van der Waals surface area contributed by atoms with Gasteiger partial charge in [-0.2, -0.15) is 0 Å². The number of primary sulfonamides is 1. The number of amides is 1. The predicted molar refractivity (Wildman–Crippen MR) is 83.6 cm³/mol. The number of carbonyl (C=O) groups excluding carboxylic acids is 1. The summed E-state index contributed by atoms with van der Waals surface area (Å²) in [5, 5.41) is 7.78. The van der Waals surface area contributed by atoms with Crippen molar-refractivity contribution in [3.63, 3.8) is 0 Å². The third kappa shape index (κ3) is 3.52. The average molecular weight is 372 g/mol. The lowest BCUT2D eigenvalue weighted by molar-refractivity contribution is 0.101. The number of anilines is 1. The molecular formula is C13H14BrN3O3S. The first-order valence-corrected chi connectivity index (χ1v) is 8.45. The standard InChI is InChI=1S/C13H14BrN3O3S/c1-2-17-7-3-4-12(17)13(18)16-11-6-5-9(8-10(11)14)21(15,19)20/h3-8H,2H2,1H3,(H,16,18)(H2,15,19,20). The van der Waals surface area contributed by atoms with Crippen LogP contribution in [-0.4, -0.2) is 18.9 Å². The zero-order valence-electron chi connectivity index (χ0n) is 11.2. The lowest BCUT2D eigenvalue weighted by atomic mass is 10.3. The van der Waals surface area contributed by atoms with E-state index in [1.807, 2.05) is 17.7 Å². The van der Waals surface area contributed by atoms with Gasteiger partial charge in [0.05, 0.1) is 10.6 Å². The van der Waals surface area contributed by atoms with Gasteiger partial charge in [-0.25, -0.2) is 13.6 Å². The lowest BCUT2D eigenvalue weighted by Gasteiger charge is -2.10. The number of hydrogen-bond donors (Lipinski definition) is 2. The second kappa shape index (κ2) is 6.00. The molecule has 0 bridgehead atoms. The Hall–Kier alpha value is -1.64. The number of rotatable bonds is 4. The van der Waals surface area contributed by atoms with E-state index in [1.54, 1.807) is 12.1 Å². The Kier molecular flexibility index (Phi) is 4.50. The normalized spacial score (nSPS) is 11.4. The van der Waals surface area contributed by atoms with Crippen LogP contribution in [-0.2, 0) is 16.6 Å². The van der Waals surface area contributed by atoms with Crippen LogP contribution in [0.1, 0.15) is 17.4 Å². The molecule has 8 heteroatoms. The summed E-state index contributed by atoms with van der Waals surface area (Å²) in [7, 11) is -3.77. The molecule has 0 radical (unpaired) electrons. The number of sulfonamides is 1. The lowest BCUT2D eigenvalue weighted by Crippen LogP contribution is -2.17. The quantitative estimate of drug-likeness (QED) is 0.861. The molecule has 2 rings (SSSR count). The molecule has 6 nitrogen and oxygen atoms in total. The van der Waals surface area contributed by atoms with Crippen LogP contribution in [0.25, 0.3) is 0 Å². The third-order valence-corrected chi connectivity index (χ3v) is 4.49. The Bertz CT molecular complexity index is 784. The highest BCUT2D eigenvalue weighted by molar-refractivity contribution is 9.10. The summed E-state index contributed by atoms with van der Waals surface area (Å²) in [5.41, 5.74) is 0.996. The van der Waals surface area contributed by atoms with E-state index in [1.165, 1.54) is 18.2 Å². The van der Waals surface area contributed by atoms with Crippen LogP contribution in [0.2, 0.25) is 0 Å². The molecule has 3 N–H and O–H groups in total. The molecule has 0 atom stereocenters. The molecular weight excluding hydrogens is 358 g/mol. The van der Waals surface area contributed by atoms with Gasteiger partial charge in [0.2, 0.25) is 10.0 Å². The van der Waals surface area contributed by atoms with E-state index < -0.39 is 10.0 Å². The summed E-state index contributed by atoms with van der Waals surface area (Å²) in [5.74, 6) is -0.272.